The first kappa shape index (κ1) is 21.7. The smallest absolute Gasteiger partial charge is 0.164 e. The highest BCUT2D eigenvalue weighted by Gasteiger charge is 2.68. The molecule has 7 nitrogen and oxygen atoms in total. The summed E-state index contributed by atoms with van der Waals surface area (Å²) in [4.78, 5) is 17.3. The lowest BCUT2D eigenvalue weighted by molar-refractivity contribution is 0.169. The van der Waals surface area contributed by atoms with Gasteiger partial charge in [-0.05, 0) is 44.0 Å². The minimum absolute atomic E-state index is 0.103. The highest BCUT2D eigenvalue weighted by molar-refractivity contribution is 8.15. The fraction of sp³-hybridized carbons (Fsp3) is 0.348. The van der Waals surface area contributed by atoms with Gasteiger partial charge in [-0.25, -0.2) is 18.7 Å². The molecule has 0 bridgehead atoms. The molecule has 0 saturated heterocycles. The highest BCUT2D eigenvalue weighted by Crippen LogP contribution is 2.67. The second kappa shape index (κ2) is 7.43. The van der Waals surface area contributed by atoms with Gasteiger partial charge in [-0.3, -0.25) is 9.98 Å². The van der Waals surface area contributed by atoms with Crippen LogP contribution in [0.1, 0.15) is 42.7 Å². The molecule has 3 N–H and O–H groups in total. The van der Waals surface area contributed by atoms with E-state index in [1.54, 1.807) is 26.0 Å². The molecule has 33 heavy (non-hydrogen) atoms. The molecule has 4 atom stereocenters. The first-order chi connectivity index (χ1) is 15.7. The van der Waals surface area contributed by atoms with Gasteiger partial charge >= 0.3 is 0 Å². The molecule has 2 aromatic heterocycles. The van der Waals surface area contributed by atoms with Gasteiger partial charge in [0.05, 0.1) is 33.2 Å². The zero-order chi connectivity index (χ0) is 23.5. The molecule has 1 aliphatic heterocycles. The Balaban J connectivity index is 1.58. The summed E-state index contributed by atoms with van der Waals surface area (Å²) < 4.78 is 29.3. The van der Waals surface area contributed by atoms with E-state index in [9.17, 15) is 9.50 Å². The van der Waals surface area contributed by atoms with Gasteiger partial charge in [-0.1, -0.05) is 11.8 Å². The minimum Gasteiger partial charge on any atom is -0.392 e. The molecular formula is C23H20F2N6OS. The standard InChI is InChI=1S/C23H20F2N6OS/c1-11(32)23-7-18(23)22(2,31-21(27)33-23)14-3-12(4-15(24)19(14)25)5-16-20-17(30-10-29-16)6-13(8-26)9-28-20/h3-4,6,9-11,18,32H,5,7H2,1-2H3,(H2,27,31)/t11-,18+,22-,23-/m1/s1. The maximum absolute atomic E-state index is 15.1. The molecule has 1 aromatic carbocycles. The van der Waals surface area contributed by atoms with Gasteiger partial charge < -0.3 is 10.8 Å². The number of fused-ring (bicyclic) bond motifs is 2. The Labute approximate surface area is 192 Å². The Morgan fingerprint density at radius 2 is 2.09 bits per heavy atom. The van der Waals surface area contributed by atoms with Crippen molar-refractivity contribution in [1.29, 1.82) is 5.26 Å². The van der Waals surface area contributed by atoms with Gasteiger partial charge in [-0.2, -0.15) is 5.26 Å². The summed E-state index contributed by atoms with van der Waals surface area (Å²) in [7, 11) is 0. The van der Waals surface area contributed by atoms with Crippen molar-refractivity contribution in [2.75, 3.05) is 0 Å². The molecule has 10 heteroatoms. The van der Waals surface area contributed by atoms with Crippen LogP contribution in [0.2, 0.25) is 0 Å². The zero-order valence-electron chi connectivity index (χ0n) is 17.9. The number of aliphatic hydroxyl groups is 1. The molecule has 168 valence electrons. The monoisotopic (exact) mass is 466 g/mol. The fourth-order valence-electron chi connectivity index (χ4n) is 4.86. The SMILES string of the molecule is C[C@@H](O)[C@]12C[C@H]1[C@@](C)(c1cc(Cc3ncnc4cc(C#N)cnc34)cc(F)c1F)N=C(N)S2. The summed E-state index contributed by atoms with van der Waals surface area (Å²) in [5, 5.41) is 19.7. The van der Waals surface area contributed by atoms with E-state index in [1.165, 1.54) is 24.3 Å². The lowest BCUT2D eigenvalue weighted by Crippen LogP contribution is -2.40. The Morgan fingerprint density at radius 1 is 1.30 bits per heavy atom. The molecule has 3 aromatic rings. The molecule has 3 heterocycles. The number of rotatable bonds is 4. The van der Waals surface area contributed by atoms with Crippen molar-refractivity contribution in [3.05, 3.63) is 64.7 Å². The summed E-state index contributed by atoms with van der Waals surface area (Å²) in [5.41, 5.74) is 7.42. The van der Waals surface area contributed by atoms with Crippen LogP contribution in [-0.2, 0) is 12.0 Å². The number of hydrogen-bond donors (Lipinski definition) is 2. The Bertz CT molecular complexity index is 1370. The molecule has 5 rings (SSSR count). The average Bonchev–Trinajstić information content (AvgIpc) is 3.53. The van der Waals surface area contributed by atoms with Gasteiger partial charge in [0.15, 0.2) is 16.8 Å². The van der Waals surface area contributed by atoms with Crippen molar-refractivity contribution in [2.45, 2.75) is 43.1 Å². The number of nitrogens with two attached hydrogens (primary N) is 1. The van der Waals surface area contributed by atoms with E-state index in [-0.39, 0.29) is 23.1 Å². The van der Waals surface area contributed by atoms with Crippen LogP contribution in [0.15, 0.2) is 35.7 Å². The number of aliphatic imine (C=N–C) groups is 1. The van der Waals surface area contributed by atoms with Gasteiger partial charge in [0.2, 0.25) is 0 Å². The summed E-state index contributed by atoms with van der Waals surface area (Å²) >= 11 is 1.30. The molecule has 1 fully saturated rings. The molecule has 0 unspecified atom stereocenters. The van der Waals surface area contributed by atoms with Gasteiger partial charge in [0.1, 0.15) is 17.9 Å². The molecule has 0 amide bonds. The maximum atomic E-state index is 15.1. The second-order valence-corrected chi connectivity index (χ2v) is 10.1. The van der Waals surface area contributed by atoms with E-state index in [0.29, 0.717) is 34.3 Å². The number of pyridine rings is 1. The number of nitriles is 1. The lowest BCUT2D eigenvalue weighted by atomic mass is 9.83. The van der Waals surface area contributed by atoms with E-state index in [2.05, 4.69) is 19.9 Å². The molecule has 0 spiro atoms. The number of hydrogen-bond acceptors (Lipinski definition) is 8. The third-order valence-electron chi connectivity index (χ3n) is 6.66. The Hall–Kier alpha value is -3.16. The molecule has 1 saturated carbocycles. The highest BCUT2D eigenvalue weighted by atomic mass is 32.2. The third-order valence-corrected chi connectivity index (χ3v) is 8.13. The summed E-state index contributed by atoms with van der Waals surface area (Å²) in [6, 6.07) is 6.35. The zero-order valence-corrected chi connectivity index (χ0v) is 18.7. The topological polar surface area (TPSA) is 121 Å². The van der Waals surface area contributed by atoms with E-state index in [1.807, 2.05) is 6.07 Å². The van der Waals surface area contributed by atoms with Crippen molar-refractivity contribution >= 4 is 28.0 Å². The average molecular weight is 467 g/mol. The first-order valence-corrected chi connectivity index (χ1v) is 11.2. The number of aliphatic hydroxyl groups excluding tert-OH is 1. The van der Waals surface area contributed by atoms with Crippen LogP contribution in [0, 0.1) is 28.9 Å². The maximum Gasteiger partial charge on any atom is 0.164 e. The van der Waals surface area contributed by atoms with Crippen LogP contribution in [0.25, 0.3) is 11.0 Å². The number of aromatic nitrogens is 3. The number of thioether (sulfide) groups is 1. The molecule has 0 radical (unpaired) electrons. The number of amidine groups is 1. The predicted octanol–water partition coefficient (Wildman–Crippen LogP) is 3.18. The van der Waals surface area contributed by atoms with E-state index in [4.69, 9.17) is 11.0 Å². The number of benzene rings is 1. The predicted molar refractivity (Wildman–Crippen MR) is 120 cm³/mol. The second-order valence-electron chi connectivity index (χ2n) is 8.73. The largest absolute Gasteiger partial charge is 0.392 e. The summed E-state index contributed by atoms with van der Waals surface area (Å²) in [6.07, 6.45) is 2.88. The van der Waals surface area contributed by atoms with Gasteiger partial charge in [0.25, 0.3) is 0 Å². The minimum atomic E-state index is -1.11. The fourth-order valence-corrected chi connectivity index (χ4v) is 6.28. The Morgan fingerprint density at radius 3 is 2.82 bits per heavy atom. The van der Waals surface area contributed by atoms with Crippen molar-refractivity contribution < 1.29 is 13.9 Å². The van der Waals surface area contributed by atoms with E-state index >= 15 is 4.39 Å². The molecule has 1 aliphatic carbocycles. The summed E-state index contributed by atoms with van der Waals surface area (Å²) in [6.45, 7) is 3.42. The van der Waals surface area contributed by atoms with Crippen LogP contribution in [0.3, 0.4) is 0 Å². The quantitative estimate of drug-likeness (QED) is 0.606. The molecular weight excluding hydrogens is 446 g/mol. The number of nitrogens with zero attached hydrogens (tertiary/aromatic N) is 5. The summed E-state index contributed by atoms with van der Waals surface area (Å²) in [5.74, 6) is -2.14. The number of halogens is 2. The van der Waals surface area contributed by atoms with Crippen LogP contribution in [-0.4, -0.2) is 36.1 Å². The lowest BCUT2D eigenvalue weighted by Gasteiger charge is -2.35. The van der Waals surface area contributed by atoms with Crippen molar-refractivity contribution in [1.82, 2.24) is 15.0 Å². The van der Waals surface area contributed by atoms with Gasteiger partial charge in [-0.15, -0.1) is 0 Å². The van der Waals surface area contributed by atoms with Crippen molar-refractivity contribution in [3.63, 3.8) is 0 Å². The third kappa shape index (κ3) is 3.34. The normalized spacial score (nSPS) is 26.9. The first-order valence-electron chi connectivity index (χ1n) is 10.4. The van der Waals surface area contributed by atoms with Crippen LogP contribution >= 0.6 is 11.8 Å². The van der Waals surface area contributed by atoms with Gasteiger partial charge in [0, 0.05) is 24.1 Å². The van der Waals surface area contributed by atoms with Crippen molar-refractivity contribution in [2.24, 2.45) is 16.6 Å². The Kier molecular flexibility index (Phi) is 4.88. The van der Waals surface area contributed by atoms with Crippen molar-refractivity contribution in [3.8, 4) is 6.07 Å². The molecule has 2 aliphatic rings. The van der Waals surface area contributed by atoms with Crippen LogP contribution < -0.4 is 5.73 Å². The van der Waals surface area contributed by atoms with Crippen LogP contribution in [0.4, 0.5) is 8.78 Å². The van der Waals surface area contributed by atoms with E-state index < -0.39 is 28.0 Å². The van der Waals surface area contributed by atoms with E-state index in [0.717, 1.165) is 6.07 Å². The van der Waals surface area contributed by atoms with Crippen LogP contribution in [0.5, 0.6) is 0 Å².